The molecule has 0 bridgehead atoms. The van der Waals surface area contributed by atoms with Crippen LogP contribution >= 0.6 is 0 Å². The van der Waals surface area contributed by atoms with E-state index in [1.165, 1.54) is 22.3 Å². The van der Waals surface area contributed by atoms with Crippen molar-refractivity contribution in [1.29, 1.82) is 0 Å². The Bertz CT molecular complexity index is 293. The Balaban J connectivity index is 3.19. The van der Waals surface area contributed by atoms with Crippen molar-refractivity contribution in [3.63, 3.8) is 0 Å². The molecule has 0 aromatic heterocycles. The zero-order chi connectivity index (χ0) is 10.7. The summed E-state index contributed by atoms with van der Waals surface area (Å²) >= 11 is 0. The molecule has 14 heavy (non-hydrogen) atoms. The third kappa shape index (κ3) is 2.14. The predicted octanol–water partition coefficient (Wildman–Crippen LogP) is 3.04. The van der Waals surface area contributed by atoms with Gasteiger partial charge in [0, 0.05) is 0 Å². The molecule has 78 valence electrons. The van der Waals surface area contributed by atoms with Crippen LogP contribution < -0.4 is 5.48 Å². The Morgan fingerprint density at radius 2 is 1.71 bits per heavy atom. The molecule has 2 nitrogen and oxygen atoms in total. The first-order chi connectivity index (χ1) is 6.60. The number of nitrogens with one attached hydrogen (secondary N) is 1. The average Bonchev–Trinajstić information content (AvgIpc) is 2.10. The Hall–Kier alpha value is -0.860. The van der Waals surface area contributed by atoms with Crippen molar-refractivity contribution in [3.8, 4) is 0 Å². The molecule has 0 aliphatic heterocycles. The Morgan fingerprint density at radius 1 is 1.21 bits per heavy atom. The van der Waals surface area contributed by atoms with Gasteiger partial charge in [0.15, 0.2) is 0 Å². The molecule has 1 rings (SSSR count). The summed E-state index contributed by atoms with van der Waals surface area (Å²) in [5.41, 5.74) is 7.36. The van der Waals surface area contributed by atoms with E-state index < -0.39 is 0 Å². The fraction of sp³-hybridized carbons (Fsp3) is 0.500. The summed E-state index contributed by atoms with van der Waals surface area (Å²) in [5, 5.41) is 9.05. The molecule has 0 radical (unpaired) electrons. The van der Waals surface area contributed by atoms with Crippen molar-refractivity contribution >= 4 is 0 Å². The fourth-order valence-corrected chi connectivity index (χ4v) is 2.10. The number of aryl methyl sites for hydroxylation is 3. The molecule has 0 saturated carbocycles. The molecule has 0 aliphatic carbocycles. The summed E-state index contributed by atoms with van der Waals surface area (Å²) in [7, 11) is 0. The van der Waals surface area contributed by atoms with Crippen LogP contribution in [-0.4, -0.2) is 5.21 Å². The van der Waals surface area contributed by atoms with Crippen molar-refractivity contribution in [1.82, 2.24) is 5.48 Å². The average molecular weight is 193 g/mol. The van der Waals surface area contributed by atoms with E-state index in [0.717, 1.165) is 6.42 Å². The fourth-order valence-electron chi connectivity index (χ4n) is 2.10. The first-order valence-electron chi connectivity index (χ1n) is 5.07. The molecular weight excluding hydrogens is 174 g/mol. The van der Waals surface area contributed by atoms with Crippen molar-refractivity contribution < 1.29 is 5.21 Å². The van der Waals surface area contributed by atoms with Crippen molar-refractivity contribution in [2.45, 2.75) is 40.2 Å². The second-order valence-corrected chi connectivity index (χ2v) is 3.90. The molecule has 1 aromatic rings. The van der Waals surface area contributed by atoms with Crippen LogP contribution in [0.2, 0.25) is 0 Å². The Morgan fingerprint density at radius 3 is 2.07 bits per heavy atom. The minimum absolute atomic E-state index is 0.0515. The highest BCUT2D eigenvalue weighted by molar-refractivity contribution is 5.39. The Kier molecular flexibility index (Phi) is 3.67. The van der Waals surface area contributed by atoms with Crippen LogP contribution in [-0.2, 0) is 0 Å². The maximum atomic E-state index is 9.05. The van der Waals surface area contributed by atoms with Crippen LogP contribution in [0.5, 0.6) is 0 Å². The summed E-state index contributed by atoms with van der Waals surface area (Å²) in [6, 6.07) is 4.36. The van der Waals surface area contributed by atoms with E-state index in [1.807, 2.05) is 0 Å². The summed E-state index contributed by atoms with van der Waals surface area (Å²) in [6.45, 7) is 8.34. The van der Waals surface area contributed by atoms with E-state index in [0.29, 0.717) is 0 Å². The molecule has 0 aliphatic rings. The van der Waals surface area contributed by atoms with Crippen LogP contribution in [0.4, 0.5) is 0 Å². The largest absolute Gasteiger partial charge is 0.316 e. The molecule has 2 heteroatoms. The second-order valence-electron chi connectivity index (χ2n) is 3.90. The van der Waals surface area contributed by atoms with Gasteiger partial charge in [0.05, 0.1) is 6.04 Å². The minimum Gasteiger partial charge on any atom is -0.316 e. The number of rotatable bonds is 3. The Labute approximate surface area is 85.9 Å². The van der Waals surface area contributed by atoms with Crippen LogP contribution in [0.3, 0.4) is 0 Å². The normalized spacial score (nSPS) is 12.9. The molecule has 0 amide bonds. The molecule has 0 spiro atoms. The van der Waals surface area contributed by atoms with E-state index >= 15 is 0 Å². The van der Waals surface area contributed by atoms with E-state index in [-0.39, 0.29) is 6.04 Å². The highest BCUT2D eigenvalue weighted by Gasteiger charge is 2.13. The minimum atomic E-state index is 0.0515. The van der Waals surface area contributed by atoms with E-state index in [9.17, 15) is 0 Å². The third-order valence-electron chi connectivity index (χ3n) is 2.65. The first-order valence-corrected chi connectivity index (χ1v) is 5.07. The zero-order valence-electron chi connectivity index (χ0n) is 9.39. The lowest BCUT2D eigenvalue weighted by molar-refractivity contribution is 0.123. The number of hydrogen-bond acceptors (Lipinski definition) is 2. The summed E-state index contributed by atoms with van der Waals surface area (Å²) in [4.78, 5) is 0. The van der Waals surface area contributed by atoms with Gasteiger partial charge in [-0.25, -0.2) is 0 Å². The smallest absolute Gasteiger partial charge is 0.0571 e. The van der Waals surface area contributed by atoms with Gasteiger partial charge in [-0.1, -0.05) is 24.6 Å². The van der Waals surface area contributed by atoms with E-state index in [1.54, 1.807) is 0 Å². The number of benzene rings is 1. The summed E-state index contributed by atoms with van der Waals surface area (Å²) < 4.78 is 0. The SMILES string of the molecule is CCC(NO)c1c(C)cc(C)cc1C. The standard InChI is InChI=1S/C12H19NO/c1-5-11(13-14)12-9(3)6-8(2)7-10(12)4/h6-7,11,13-14H,5H2,1-4H3. The quantitative estimate of drug-likeness (QED) is 0.723. The number of hydroxylamine groups is 1. The molecule has 1 atom stereocenters. The lowest BCUT2D eigenvalue weighted by atomic mass is 9.93. The summed E-state index contributed by atoms with van der Waals surface area (Å²) in [6.07, 6.45) is 0.890. The van der Waals surface area contributed by atoms with Crippen LogP contribution in [0, 0.1) is 20.8 Å². The maximum Gasteiger partial charge on any atom is 0.0571 e. The monoisotopic (exact) mass is 193 g/mol. The van der Waals surface area contributed by atoms with Gasteiger partial charge in [0.25, 0.3) is 0 Å². The molecule has 0 fully saturated rings. The predicted molar refractivity (Wildman–Crippen MR) is 58.6 cm³/mol. The maximum absolute atomic E-state index is 9.05. The van der Waals surface area contributed by atoms with E-state index in [2.05, 4.69) is 45.3 Å². The number of hydrogen-bond donors (Lipinski definition) is 2. The topological polar surface area (TPSA) is 32.3 Å². The highest BCUT2D eigenvalue weighted by Crippen LogP contribution is 2.25. The lowest BCUT2D eigenvalue weighted by Crippen LogP contribution is -2.18. The van der Waals surface area contributed by atoms with Gasteiger partial charge in [0.1, 0.15) is 0 Å². The van der Waals surface area contributed by atoms with Gasteiger partial charge >= 0.3 is 0 Å². The van der Waals surface area contributed by atoms with Crippen LogP contribution in [0.15, 0.2) is 12.1 Å². The van der Waals surface area contributed by atoms with Crippen molar-refractivity contribution in [3.05, 3.63) is 34.4 Å². The molecule has 1 unspecified atom stereocenters. The summed E-state index contributed by atoms with van der Waals surface area (Å²) in [5.74, 6) is 0. The van der Waals surface area contributed by atoms with Crippen molar-refractivity contribution in [2.24, 2.45) is 0 Å². The van der Waals surface area contributed by atoms with Crippen molar-refractivity contribution in [2.75, 3.05) is 0 Å². The molecular formula is C12H19NO. The second kappa shape index (κ2) is 4.58. The van der Waals surface area contributed by atoms with E-state index in [4.69, 9.17) is 5.21 Å². The molecule has 0 heterocycles. The van der Waals surface area contributed by atoms with Crippen LogP contribution in [0.25, 0.3) is 0 Å². The molecule has 1 aromatic carbocycles. The third-order valence-corrected chi connectivity index (χ3v) is 2.65. The van der Waals surface area contributed by atoms with Gasteiger partial charge in [-0.05, 0) is 43.9 Å². The van der Waals surface area contributed by atoms with Gasteiger partial charge in [-0.15, -0.1) is 0 Å². The lowest BCUT2D eigenvalue weighted by Gasteiger charge is -2.19. The van der Waals surface area contributed by atoms with Gasteiger partial charge in [-0.2, -0.15) is 5.48 Å². The molecule has 0 saturated heterocycles. The van der Waals surface area contributed by atoms with Crippen LogP contribution in [0.1, 0.15) is 41.6 Å². The first kappa shape index (κ1) is 11.2. The van der Waals surface area contributed by atoms with Gasteiger partial charge < -0.3 is 5.21 Å². The molecule has 2 N–H and O–H groups in total. The highest BCUT2D eigenvalue weighted by atomic mass is 16.5. The zero-order valence-corrected chi connectivity index (χ0v) is 9.39. The van der Waals surface area contributed by atoms with Gasteiger partial charge in [-0.3, -0.25) is 0 Å². The van der Waals surface area contributed by atoms with Gasteiger partial charge in [0.2, 0.25) is 0 Å².